The maximum atomic E-state index is 12.4. The van der Waals surface area contributed by atoms with Crippen LogP contribution in [0.4, 0.5) is 5.69 Å². The van der Waals surface area contributed by atoms with E-state index in [0.717, 1.165) is 22.4 Å². The molecule has 0 heterocycles. The minimum atomic E-state index is -0.589. The van der Waals surface area contributed by atoms with Crippen molar-refractivity contribution >= 4 is 17.4 Å². The first-order chi connectivity index (χ1) is 11.4. The van der Waals surface area contributed by atoms with Crippen LogP contribution >= 0.6 is 0 Å². The molecule has 0 aromatic heterocycles. The highest BCUT2D eigenvalue weighted by Gasteiger charge is 2.13. The molecule has 4 nitrogen and oxygen atoms in total. The number of ketones is 1. The van der Waals surface area contributed by atoms with Gasteiger partial charge in [0, 0.05) is 17.3 Å². The van der Waals surface area contributed by atoms with Gasteiger partial charge in [0.25, 0.3) is 0 Å². The van der Waals surface area contributed by atoms with Gasteiger partial charge in [-0.3, -0.25) is 4.79 Å². The maximum Gasteiger partial charge on any atom is 0.354 e. The van der Waals surface area contributed by atoms with Crippen LogP contribution < -0.4 is 5.32 Å². The SMILES string of the molecule is COC(=O)C(=CC(=O)c1ccc(C)cc1)Nc1ccc(C)c(C)c1. The van der Waals surface area contributed by atoms with Crippen molar-refractivity contribution in [2.75, 3.05) is 12.4 Å². The van der Waals surface area contributed by atoms with Crippen molar-refractivity contribution in [3.8, 4) is 0 Å². The van der Waals surface area contributed by atoms with Gasteiger partial charge in [-0.15, -0.1) is 0 Å². The van der Waals surface area contributed by atoms with Crippen molar-refractivity contribution in [3.05, 3.63) is 76.5 Å². The molecule has 0 atom stereocenters. The summed E-state index contributed by atoms with van der Waals surface area (Å²) in [5.41, 5.74) is 4.66. The number of anilines is 1. The zero-order valence-corrected chi connectivity index (χ0v) is 14.3. The lowest BCUT2D eigenvalue weighted by Gasteiger charge is -2.11. The Morgan fingerprint density at radius 1 is 0.958 bits per heavy atom. The monoisotopic (exact) mass is 323 g/mol. The van der Waals surface area contributed by atoms with Crippen LogP contribution in [0.2, 0.25) is 0 Å². The molecule has 2 aromatic rings. The fourth-order valence-corrected chi connectivity index (χ4v) is 2.16. The highest BCUT2D eigenvalue weighted by atomic mass is 16.5. The van der Waals surface area contributed by atoms with E-state index >= 15 is 0 Å². The molecule has 0 fully saturated rings. The number of methoxy groups -OCH3 is 1. The van der Waals surface area contributed by atoms with Gasteiger partial charge < -0.3 is 10.1 Å². The summed E-state index contributed by atoms with van der Waals surface area (Å²) >= 11 is 0. The van der Waals surface area contributed by atoms with Crippen molar-refractivity contribution in [1.29, 1.82) is 0 Å². The molecule has 0 aliphatic carbocycles. The Kier molecular flexibility index (Phi) is 5.53. The second-order valence-electron chi connectivity index (χ2n) is 5.70. The van der Waals surface area contributed by atoms with E-state index in [1.165, 1.54) is 13.2 Å². The highest BCUT2D eigenvalue weighted by Crippen LogP contribution is 2.17. The number of hydrogen-bond donors (Lipinski definition) is 1. The minimum Gasteiger partial charge on any atom is -0.464 e. The van der Waals surface area contributed by atoms with Crippen LogP contribution in [0.5, 0.6) is 0 Å². The molecule has 124 valence electrons. The van der Waals surface area contributed by atoms with Gasteiger partial charge in [0.1, 0.15) is 5.70 Å². The first-order valence-corrected chi connectivity index (χ1v) is 7.66. The molecule has 0 bridgehead atoms. The first-order valence-electron chi connectivity index (χ1n) is 7.66. The quantitative estimate of drug-likeness (QED) is 0.514. The summed E-state index contributed by atoms with van der Waals surface area (Å²) < 4.78 is 4.77. The molecule has 0 saturated carbocycles. The van der Waals surface area contributed by atoms with Crippen molar-refractivity contribution in [1.82, 2.24) is 0 Å². The summed E-state index contributed by atoms with van der Waals surface area (Å²) in [5, 5.41) is 2.98. The highest BCUT2D eigenvalue weighted by molar-refractivity contribution is 6.09. The van der Waals surface area contributed by atoms with Gasteiger partial charge in [0.15, 0.2) is 5.78 Å². The number of carbonyl (C=O) groups excluding carboxylic acids is 2. The zero-order chi connectivity index (χ0) is 17.7. The van der Waals surface area contributed by atoms with E-state index in [0.29, 0.717) is 5.56 Å². The van der Waals surface area contributed by atoms with Crippen LogP contribution in [-0.2, 0) is 9.53 Å². The van der Waals surface area contributed by atoms with Crippen molar-refractivity contribution in [3.63, 3.8) is 0 Å². The lowest BCUT2D eigenvalue weighted by atomic mass is 10.1. The van der Waals surface area contributed by atoms with E-state index in [-0.39, 0.29) is 11.5 Å². The molecule has 0 spiro atoms. The molecule has 0 aliphatic heterocycles. The number of hydrogen-bond acceptors (Lipinski definition) is 4. The molecular formula is C20H21NO3. The average Bonchev–Trinajstić information content (AvgIpc) is 2.57. The second-order valence-corrected chi connectivity index (χ2v) is 5.70. The minimum absolute atomic E-state index is 0.103. The number of benzene rings is 2. The summed E-state index contributed by atoms with van der Waals surface area (Å²) in [6.07, 6.45) is 1.27. The zero-order valence-electron chi connectivity index (χ0n) is 14.3. The Morgan fingerprint density at radius 2 is 1.62 bits per heavy atom. The smallest absolute Gasteiger partial charge is 0.354 e. The van der Waals surface area contributed by atoms with Gasteiger partial charge in [-0.2, -0.15) is 0 Å². The van der Waals surface area contributed by atoms with Crippen LogP contribution in [0.25, 0.3) is 0 Å². The van der Waals surface area contributed by atoms with Crippen LogP contribution in [0, 0.1) is 20.8 Å². The van der Waals surface area contributed by atoms with Crippen LogP contribution in [0.15, 0.2) is 54.2 Å². The Hall–Kier alpha value is -2.88. The van der Waals surface area contributed by atoms with Gasteiger partial charge in [0.2, 0.25) is 0 Å². The molecular weight excluding hydrogens is 302 g/mol. The molecule has 4 heteroatoms. The summed E-state index contributed by atoms with van der Waals surface area (Å²) in [6.45, 7) is 5.95. The van der Waals surface area contributed by atoms with E-state index < -0.39 is 5.97 Å². The maximum absolute atomic E-state index is 12.4. The number of carbonyl (C=O) groups is 2. The average molecular weight is 323 g/mol. The third-order valence-corrected chi connectivity index (χ3v) is 3.80. The number of esters is 1. The molecule has 0 saturated heterocycles. The summed E-state index contributed by atoms with van der Waals surface area (Å²) in [7, 11) is 1.29. The van der Waals surface area contributed by atoms with Crippen molar-refractivity contribution < 1.29 is 14.3 Å². The van der Waals surface area contributed by atoms with Crippen molar-refractivity contribution in [2.24, 2.45) is 0 Å². The molecule has 1 N–H and O–H groups in total. The van der Waals surface area contributed by atoms with E-state index in [9.17, 15) is 9.59 Å². The van der Waals surface area contributed by atoms with Crippen LogP contribution in [0.3, 0.4) is 0 Å². The summed E-state index contributed by atoms with van der Waals surface area (Å²) in [5.74, 6) is -0.847. The fraction of sp³-hybridized carbons (Fsp3) is 0.200. The van der Waals surface area contributed by atoms with Gasteiger partial charge >= 0.3 is 5.97 Å². The van der Waals surface area contributed by atoms with Crippen LogP contribution in [-0.4, -0.2) is 18.9 Å². The van der Waals surface area contributed by atoms with E-state index in [1.54, 1.807) is 12.1 Å². The van der Waals surface area contributed by atoms with Gasteiger partial charge in [-0.1, -0.05) is 35.9 Å². The molecule has 0 aliphatic rings. The number of ether oxygens (including phenoxy) is 1. The van der Waals surface area contributed by atoms with Gasteiger partial charge in [-0.05, 0) is 44.0 Å². The lowest BCUT2D eigenvalue weighted by Crippen LogP contribution is -2.15. The molecule has 0 amide bonds. The molecule has 2 aromatic carbocycles. The molecule has 0 unspecified atom stereocenters. The van der Waals surface area contributed by atoms with Gasteiger partial charge in [-0.25, -0.2) is 4.79 Å². The normalized spacial score (nSPS) is 11.1. The van der Waals surface area contributed by atoms with Crippen molar-refractivity contribution in [2.45, 2.75) is 20.8 Å². The Labute approximate surface area is 142 Å². The summed E-state index contributed by atoms with van der Waals surface area (Å²) in [6, 6.07) is 12.9. The lowest BCUT2D eigenvalue weighted by molar-refractivity contribution is -0.135. The second kappa shape index (κ2) is 7.59. The third-order valence-electron chi connectivity index (χ3n) is 3.80. The van der Waals surface area contributed by atoms with E-state index in [1.807, 2.05) is 51.1 Å². The third kappa shape index (κ3) is 4.32. The number of rotatable bonds is 5. The molecule has 0 radical (unpaired) electrons. The van der Waals surface area contributed by atoms with Gasteiger partial charge in [0.05, 0.1) is 7.11 Å². The fourth-order valence-electron chi connectivity index (χ4n) is 2.16. The number of allylic oxidation sites excluding steroid dienone is 1. The predicted molar refractivity (Wildman–Crippen MR) is 95.1 cm³/mol. The Balaban J connectivity index is 2.30. The number of nitrogens with one attached hydrogen (secondary N) is 1. The molecule has 24 heavy (non-hydrogen) atoms. The molecule has 2 rings (SSSR count). The Bertz CT molecular complexity index is 789. The first kappa shape index (κ1) is 17.5. The standard InChI is InChI=1S/C20H21NO3/c1-13-5-8-16(9-6-13)19(22)12-18(20(23)24-4)21-17-10-7-14(2)15(3)11-17/h5-12,21H,1-4H3. The Morgan fingerprint density at radius 3 is 2.21 bits per heavy atom. The largest absolute Gasteiger partial charge is 0.464 e. The summed E-state index contributed by atoms with van der Waals surface area (Å²) in [4.78, 5) is 24.4. The topological polar surface area (TPSA) is 55.4 Å². The number of aryl methyl sites for hydroxylation is 3. The van der Waals surface area contributed by atoms with E-state index in [2.05, 4.69) is 5.32 Å². The predicted octanol–water partition coefficient (Wildman–Crippen LogP) is 3.96. The van der Waals surface area contributed by atoms with Crippen LogP contribution in [0.1, 0.15) is 27.0 Å². The van der Waals surface area contributed by atoms with E-state index in [4.69, 9.17) is 4.74 Å².